The predicted octanol–water partition coefficient (Wildman–Crippen LogP) is 6.13. The van der Waals surface area contributed by atoms with Crippen LogP contribution in [0.4, 0.5) is 0 Å². The number of ether oxygens (including phenoxy) is 4. The lowest BCUT2D eigenvalue weighted by atomic mass is 9.78. The molecule has 2 aromatic carbocycles. The summed E-state index contributed by atoms with van der Waals surface area (Å²) in [6.45, 7) is 10.0. The molecule has 2 heterocycles. The molecule has 0 radical (unpaired) electrons. The first kappa shape index (κ1) is 25.4. The highest BCUT2D eigenvalue weighted by molar-refractivity contribution is 6.01. The van der Waals surface area contributed by atoms with Crippen molar-refractivity contribution < 1.29 is 28.5 Å². The first-order valence-corrected chi connectivity index (χ1v) is 12.2. The van der Waals surface area contributed by atoms with E-state index in [1.807, 2.05) is 36.4 Å². The fourth-order valence-corrected chi connectivity index (χ4v) is 4.99. The molecule has 6 nitrogen and oxygen atoms in total. The van der Waals surface area contributed by atoms with Crippen molar-refractivity contribution in [2.45, 2.75) is 59.2 Å². The first-order valence-electron chi connectivity index (χ1n) is 12.2. The number of carbonyl (C=O) groups is 2. The van der Waals surface area contributed by atoms with Crippen molar-refractivity contribution in [1.29, 1.82) is 0 Å². The molecule has 2 aliphatic rings. The van der Waals surface area contributed by atoms with Crippen LogP contribution in [0.5, 0.6) is 11.5 Å². The predicted molar refractivity (Wildman–Crippen MR) is 133 cm³/mol. The Bertz CT molecular complexity index is 1030. The van der Waals surface area contributed by atoms with Crippen molar-refractivity contribution in [2.24, 2.45) is 10.8 Å². The van der Waals surface area contributed by atoms with Gasteiger partial charge >= 0.3 is 0 Å². The summed E-state index contributed by atoms with van der Waals surface area (Å²) in [5.74, 6) is 0.998. The molecule has 35 heavy (non-hydrogen) atoms. The van der Waals surface area contributed by atoms with E-state index in [1.165, 1.54) is 0 Å². The van der Waals surface area contributed by atoms with Gasteiger partial charge in [-0.25, -0.2) is 0 Å². The third-order valence-corrected chi connectivity index (χ3v) is 7.12. The van der Waals surface area contributed by atoms with E-state index < -0.39 is 0 Å². The van der Waals surface area contributed by atoms with E-state index in [1.54, 1.807) is 14.2 Å². The Kier molecular flexibility index (Phi) is 7.07. The summed E-state index contributed by atoms with van der Waals surface area (Å²) in [6.07, 6.45) is 0.870. The van der Waals surface area contributed by atoms with Gasteiger partial charge in [0.1, 0.15) is 11.5 Å². The topological polar surface area (TPSA) is 71.1 Å². The molecule has 2 aliphatic heterocycles. The molecule has 2 saturated heterocycles. The molecule has 6 heteroatoms. The number of Topliss-reactive ketones (excluding diaryl/α,β-unsaturated/α-hetero) is 2. The molecule has 0 aliphatic carbocycles. The zero-order valence-corrected chi connectivity index (χ0v) is 21.6. The Morgan fingerprint density at radius 1 is 0.771 bits per heavy atom. The van der Waals surface area contributed by atoms with Crippen molar-refractivity contribution >= 4 is 11.6 Å². The largest absolute Gasteiger partial charge is 0.496 e. The molecule has 2 fully saturated rings. The zero-order chi connectivity index (χ0) is 25.4. The maximum absolute atomic E-state index is 13.1. The Morgan fingerprint density at radius 2 is 1.17 bits per heavy atom. The summed E-state index contributed by atoms with van der Waals surface area (Å²) in [5, 5.41) is 0. The van der Waals surface area contributed by atoms with Crippen LogP contribution in [0.1, 0.15) is 91.0 Å². The van der Waals surface area contributed by atoms with E-state index >= 15 is 0 Å². The van der Waals surface area contributed by atoms with Crippen LogP contribution in [0.3, 0.4) is 0 Å². The highest BCUT2D eigenvalue weighted by Crippen LogP contribution is 2.47. The summed E-state index contributed by atoms with van der Waals surface area (Å²) in [5.41, 5.74) is 3.09. The van der Waals surface area contributed by atoms with Gasteiger partial charge in [-0.3, -0.25) is 9.59 Å². The lowest BCUT2D eigenvalue weighted by Crippen LogP contribution is -2.40. The Balaban J connectivity index is 1.43. The average Bonchev–Trinajstić information content (AvgIpc) is 2.82. The molecule has 0 bridgehead atoms. The van der Waals surface area contributed by atoms with Crippen LogP contribution in [0, 0.1) is 10.8 Å². The standard InChI is InChI=1S/C29H36O6/c1-28(2)16-34-26(28)18-10-12-24(32-5)20(14-18)22(30)8-7-9-23(31)21-15-19(11-13-25(21)33-6)27-29(3,4)17-35-27/h10-15,26-27H,7-9,16-17H2,1-6H3. The van der Waals surface area contributed by atoms with Crippen LogP contribution >= 0.6 is 0 Å². The maximum Gasteiger partial charge on any atom is 0.166 e. The van der Waals surface area contributed by atoms with E-state index in [0.29, 0.717) is 42.3 Å². The van der Waals surface area contributed by atoms with Crippen molar-refractivity contribution in [3.63, 3.8) is 0 Å². The van der Waals surface area contributed by atoms with Gasteiger partial charge in [-0.2, -0.15) is 0 Å². The van der Waals surface area contributed by atoms with E-state index in [9.17, 15) is 9.59 Å². The molecule has 0 amide bonds. The van der Waals surface area contributed by atoms with Gasteiger partial charge in [0, 0.05) is 23.7 Å². The van der Waals surface area contributed by atoms with Crippen LogP contribution in [0.2, 0.25) is 0 Å². The summed E-state index contributed by atoms with van der Waals surface area (Å²) in [6, 6.07) is 11.3. The second kappa shape index (κ2) is 9.75. The smallest absolute Gasteiger partial charge is 0.166 e. The quantitative estimate of drug-likeness (QED) is 0.381. The first-order chi connectivity index (χ1) is 16.6. The minimum absolute atomic E-state index is 0.0362. The van der Waals surface area contributed by atoms with Crippen LogP contribution in [-0.4, -0.2) is 39.0 Å². The normalized spacial score (nSPS) is 22.0. The molecule has 4 rings (SSSR count). The number of benzene rings is 2. The highest BCUT2D eigenvalue weighted by atomic mass is 16.5. The van der Waals surface area contributed by atoms with Gasteiger partial charge in [0.15, 0.2) is 11.6 Å². The van der Waals surface area contributed by atoms with Gasteiger partial charge in [-0.15, -0.1) is 0 Å². The molecular weight excluding hydrogens is 444 g/mol. The molecule has 2 unspecified atom stereocenters. The molecule has 188 valence electrons. The third-order valence-electron chi connectivity index (χ3n) is 7.12. The lowest BCUT2D eigenvalue weighted by Gasteiger charge is -2.44. The molecular formula is C29H36O6. The minimum atomic E-state index is -0.0426. The van der Waals surface area contributed by atoms with E-state index in [2.05, 4.69) is 27.7 Å². The number of carbonyl (C=O) groups excluding carboxylic acids is 2. The van der Waals surface area contributed by atoms with Gasteiger partial charge in [0.05, 0.1) is 50.8 Å². The van der Waals surface area contributed by atoms with Crippen LogP contribution in [0.25, 0.3) is 0 Å². The van der Waals surface area contributed by atoms with Crippen molar-refractivity contribution in [3.8, 4) is 11.5 Å². The van der Waals surface area contributed by atoms with Crippen molar-refractivity contribution in [2.75, 3.05) is 27.4 Å². The molecule has 0 saturated carbocycles. The van der Waals surface area contributed by atoms with Gasteiger partial charge in [-0.05, 0) is 41.8 Å². The monoisotopic (exact) mass is 480 g/mol. The fraction of sp³-hybridized carbons (Fsp3) is 0.517. The number of rotatable bonds is 10. The number of methoxy groups -OCH3 is 2. The number of ketones is 2. The lowest BCUT2D eigenvalue weighted by molar-refractivity contribution is -0.172. The number of hydrogen-bond acceptors (Lipinski definition) is 6. The second-order valence-corrected chi connectivity index (χ2v) is 11.0. The zero-order valence-electron chi connectivity index (χ0n) is 21.6. The molecule has 0 aromatic heterocycles. The van der Waals surface area contributed by atoms with E-state index in [4.69, 9.17) is 18.9 Å². The fourth-order valence-electron chi connectivity index (χ4n) is 4.99. The summed E-state index contributed by atoms with van der Waals surface area (Å²) >= 11 is 0. The SMILES string of the molecule is COc1ccc(C2OCC2(C)C)cc1C(=O)CCCC(=O)c1cc(C2OCC2(C)C)ccc1OC. The van der Waals surface area contributed by atoms with E-state index in [-0.39, 0.29) is 47.4 Å². The minimum Gasteiger partial charge on any atom is -0.496 e. The molecule has 0 N–H and O–H groups in total. The summed E-state index contributed by atoms with van der Waals surface area (Å²) in [4.78, 5) is 26.2. The third kappa shape index (κ3) is 5.00. The van der Waals surface area contributed by atoms with Crippen LogP contribution in [0.15, 0.2) is 36.4 Å². The van der Waals surface area contributed by atoms with Gasteiger partial charge in [0.2, 0.25) is 0 Å². The highest BCUT2D eigenvalue weighted by Gasteiger charge is 2.42. The summed E-state index contributed by atoms with van der Waals surface area (Å²) < 4.78 is 22.4. The van der Waals surface area contributed by atoms with Crippen LogP contribution < -0.4 is 9.47 Å². The van der Waals surface area contributed by atoms with Gasteiger partial charge < -0.3 is 18.9 Å². The number of hydrogen-bond donors (Lipinski definition) is 0. The maximum atomic E-state index is 13.1. The van der Waals surface area contributed by atoms with Crippen molar-refractivity contribution in [3.05, 3.63) is 58.7 Å². The van der Waals surface area contributed by atoms with E-state index in [0.717, 1.165) is 11.1 Å². The molecule has 2 aromatic rings. The Morgan fingerprint density at radius 3 is 1.46 bits per heavy atom. The Labute approximate surface area is 207 Å². The average molecular weight is 481 g/mol. The molecule has 0 spiro atoms. The Hall–Kier alpha value is -2.70. The second-order valence-electron chi connectivity index (χ2n) is 11.0. The molecule has 2 atom stereocenters. The van der Waals surface area contributed by atoms with Gasteiger partial charge in [0.25, 0.3) is 0 Å². The summed E-state index contributed by atoms with van der Waals surface area (Å²) in [7, 11) is 3.12. The van der Waals surface area contributed by atoms with Crippen molar-refractivity contribution in [1.82, 2.24) is 0 Å². The van der Waals surface area contributed by atoms with Gasteiger partial charge in [-0.1, -0.05) is 39.8 Å². The van der Waals surface area contributed by atoms with Crippen LogP contribution in [-0.2, 0) is 9.47 Å².